The van der Waals surface area contributed by atoms with Crippen molar-refractivity contribution in [2.75, 3.05) is 31.8 Å². The highest BCUT2D eigenvalue weighted by atomic mass is 19.1. The van der Waals surface area contributed by atoms with Crippen molar-refractivity contribution in [3.8, 4) is 5.75 Å². The number of amides is 1. The maximum absolute atomic E-state index is 14.5. The van der Waals surface area contributed by atoms with E-state index < -0.39 is 0 Å². The summed E-state index contributed by atoms with van der Waals surface area (Å²) < 4.78 is 30.4. The van der Waals surface area contributed by atoms with Gasteiger partial charge in [0.1, 0.15) is 24.8 Å². The van der Waals surface area contributed by atoms with Gasteiger partial charge in [-0.2, -0.15) is 0 Å². The van der Waals surface area contributed by atoms with Crippen LogP contribution < -0.4 is 9.64 Å². The van der Waals surface area contributed by atoms with E-state index >= 15 is 0 Å². The molecule has 1 heterocycles. The Morgan fingerprint density at radius 2 is 2.03 bits per heavy atom. The topological polar surface area (TPSA) is 65.1 Å². The largest absolute Gasteiger partial charge is 0.487 e. The highest BCUT2D eigenvalue weighted by Crippen LogP contribution is 2.37. The average molecular weight is 429 g/mol. The van der Waals surface area contributed by atoms with Crippen molar-refractivity contribution in [1.29, 1.82) is 0 Å². The zero-order valence-electron chi connectivity index (χ0n) is 18.0. The molecule has 1 aliphatic rings. The fraction of sp³-hybridized carbons (Fsp3) is 0.417. The van der Waals surface area contributed by atoms with Gasteiger partial charge in [0.15, 0.2) is 0 Å². The van der Waals surface area contributed by atoms with Gasteiger partial charge >= 0.3 is 5.97 Å². The van der Waals surface area contributed by atoms with Gasteiger partial charge < -0.3 is 19.1 Å². The van der Waals surface area contributed by atoms with Crippen LogP contribution in [0.25, 0.3) is 0 Å². The van der Waals surface area contributed by atoms with E-state index in [0.717, 1.165) is 24.1 Å². The lowest BCUT2D eigenvalue weighted by atomic mass is 10.0. The fourth-order valence-electron chi connectivity index (χ4n) is 3.70. The Balaban J connectivity index is 1.70. The molecular formula is C24H28FNO5. The van der Waals surface area contributed by atoms with E-state index in [9.17, 15) is 14.0 Å². The molecule has 31 heavy (non-hydrogen) atoms. The van der Waals surface area contributed by atoms with Gasteiger partial charge in [-0.15, -0.1) is 0 Å². The number of para-hydroxylation sites is 1. The minimum atomic E-state index is -0.377. The lowest BCUT2D eigenvalue weighted by molar-refractivity contribution is -0.143. The summed E-state index contributed by atoms with van der Waals surface area (Å²) in [5, 5.41) is 0. The van der Waals surface area contributed by atoms with Crippen molar-refractivity contribution in [2.24, 2.45) is 0 Å². The lowest BCUT2D eigenvalue weighted by Crippen LogP contribution is -2.38. The Bertz CT molecular complexity index is 930. The Kier molecular flexibility index (Phi) is 8.00. The third-order valence-electron chi connectivity index (χ3n) is 5.16. The molecule has 2 aromatic carbocycles. The van der Waals surface area contributed by atoms with Gasteiger partial charge in [-0.25, -0.2) is 4.39 Å². The highest BCUT2D eigenvalue weighted by molar-refractivity contribution is 5.97. The molecule has 0 aromatic heterocycles. The number of nitrogens with zero attached hydrogens (tertiary/aromatic N) is 1. The number of benzene rings is 2. The van der Waals surface area contributed by atoms with Crippen LogP contribution in [0.5, 0.6) is 5.75 Å². The van der Waals surface area contributed by atoms with Gasteiger partial charge in [-0.3, -0.25) is 9.59 Å². The maximum Gasteiger partial charge on any atom is 0.306 e. The van der Waals surface area contributed by atoms with Gasteiger partial charge in [0.05, 0.1) is 12.3 Å². The molecule has 6 nitrogen and oxygen atoms in total. The summed E-state index contributed by atoms with van der Waals surface area (Å²) in [6, 6.07) is 10.6. The number of methoxy groups -OCH3 is 1. The van der Waals surface area contributed by atoms with Crippen molar-refractivity contribution in [1.82, 2.24) is 0 Å². The van der Waals surface area contributed by atoms with E-state index in [1.165, 1.54) is 13.2 Å². The Labute approximate surface area is 181 Å². The molecule has 0 saturated carbocycles. The van der Waals surface area contributed by atoms with Crippen molar-refractivity contribution in [3.05, 3.63) is 58.9 Å². The van der Waals surface area contributed by atoms with Gasteiger partial charge in [-0.05, 0) is 55.0 Å². The van der Waals surface area contributed by atoms with Crippen molar-refractivity contribution in [3.63, 3.8) is 0 Å². The van der Waals surface area contributed by atoms with Crippen LogP contribution in [0.15, 0.2) is 36.4 Å². The second-order valence-corrected chi connectivity index (χ2v) is 7.37. The average Bonchev–Trinajstić information content (AvgIpc) is 2.77. The number of anilines is 1. The summed E-state index contributed by atoms with van der Waals surface area (Å²) in [5.41, 5.74) is 2.95. The molecule has 7 heteroatoms. The highest BCUT2D eigenvalue weighted by Gasteiger charge is 2.26. The number of aryl methyl sites for hydroxylation is 2. The number of carbonyl (C=O) groups is 2. The summed E-state index contributed by atoms with van der Waals surface area (Å²) in [6.07, 6.45) is 2.17. The van der Waals surface area contributed by atoms with Crippen LogP contribution in [0.3, 0.4) is 0 Å². The first-order valence-electron chi connectivity index (χ1n) is 10.5. The van der Waals surface area contributed by atoms with E-state index in [-0.39, 0.29) is 43.7 Å². The summed E-state index contributed by atoms with van der Waals surface area (Å²) in [6.45, 7) is 2.84. The van der Waals surface area contributed by atoms with E-state index in [4.69, 9.17) is 14.2 Å². The molecule has 0 fully saturated rings. The Morgan fingerprint density at radius 3 is 2.77 bits per heavy atom. The molecule has 3 rings (SSSR count). The van der Waals surface area contributed by atoms with Crippen LogP contribution in [0, 0.1) is 5.82 Å². The van der Waals surface area contributed by atoms with E-state index in [1.807, 2.05) is 18.2 Å². The predicted octanol–water partition coefficient (Wildman–Crippen LogP) is 3.83. The van der Waals surface area contributed by atoms with E-state index in [2.05, 4.69) is 0 Å². The number of hydrogen-bond donors (Lipinski definition) is 0. The van der Waals surface area contributed by atoms with E-state index in [1.54, 1.807) is 24.0 Å². The molecule has 1 amide bonds. The summed E-state index contributed by atoms with van der Waals surface area (Å²) >= 11 is 0. The molecule has 0 radical (unpaired) electrons. The van der Waals surface area contributed by atoms with Crippen molar-refractivity contribution in [2.45, 2.75) is 39.2 Å². The Morgan fingerprint density at radius 1 is 1.19 bits per heavy atom. The van der Waals surface area contributed by atoms with Crippen LogP contribution in [0.4, 0.5) is 10.1 Å². The van der Waals surface area contributed by atoms with Gasteiger partial charge in [0.2, 0.25) is 0 Å². The second-order valence-electron chi connectivity index (χ2n) is 7.37. The number of esters is 1. The minimum absolute atomic E-state index is 0.00620. The second kappa shape index (κ2) is 10.9. The van der Waals surface area contributed by atoms with Crippen LogP contribution in [-0.2, 0) is 38.5 Å². The zero-order valence-corrected chi connectivity index (χ0v) is 18.0. The monoisotopic (exact) mass is 429 g/mol. The van der Waals surface area contributed by atoms with Crippen LogP contribution >= 0.6 is 0 Å². The molecule has 0 atom stereocenters. The first-order valence-corrected chi connectivity index (χ1v) is 10.5. The maximum atomic E-state index is 14.5. The molecule has 0 unspecified atom stereocenters. The van der Waals surface area contributed by atoms with Crippen LogP contribution in [0.1, 0.15) is 36.5 Å². The summed E-state index contributed by atoms with van der Waals surface area (Å²) in [4.78, 5) is 25.7. The predicted molar refractivity (Wildman–Crippen MR) is 115 cm³/mol. The SMILES string of the molecule is CCOC(=O)CCc1ccc(COc2cccc3c2N(C(=O)COC)CCC3)cc1F. The number of carbonyl (C=O) groups excluding carboxylic acids is 2. The summed E-state index contributed by atoms with van der Waals surface area (Å²) in [5.74, 6) is -0.238. The fourth-order valence-corrected chi connectivity index (χ4v) is 3.70. The van der Waals surface area contributed by atoms with E-state index in [0.29, 0.717) is 30.0 Å². The van der Waals surface area contributed by atoms with Crippen molar-refractivity contribution >= 4 is 17.6 Å². The lowest BCUT2D eigenvalue weighted by Gasteiger charge is -2.31. The first kappa shape index (κ1) is 22.7. The normalized spacial score (nSPS) is 12.9. The molecular weight excluding hydrogens is 401 g/mol. The van der Waals surface area contributed by atoms with Gasteiger partial charge in [0, 0.05) is 20.1 Å². The number of rotatable bonds is 9. The minimum Gasteiger partial charge on any atom is -0.487 e. The summed E-state index contributed by atoms with van der Waals surface area (Å²) in [7, 11) is 1.50. The standard InChI is InChI=1S/C24H28FNO5/c1-3-30-23(28)12-11-18-10-9-17(14-20(18)25)15-31-21-8-4-6-19-7-5-13-26(24(19)21)22(27)16-29-2/h4,6,8-10,14H,3,5,7,11-13,15-16H2,1-2H3. The van der Waals surface area contributed by atoms with Gasteiger partial charge in [0.25, 0.3) is 5.91 Å². The molecule has 1 aliphatic heterocycles. The quantitative estimate of drug-likeness (QED) is 0.567. The Hall–Kier alpha value is -2.93. The molecule has 0 saturated heterocycles. The number of fused-ring (bicyclic) bond motifs is 1. The molecule has 0 aliphatic carbocycles. The van der Waals surface area contributed by atoms with Crippen LogP contribution in [-0.4, -0.2) is 38.7 Å². The number of ether oxygens (including phenoxy) is 3. The first-order chi connectivity index (χ1) is 15.0. The van der Waals surface area contributed by atoms with Crippen molar-refractivity contribution < 1.29 is 28.2 Å². The molecule has 0 bridgehead atoms. The molecule has 0 N–H and O–H groups in total. The van der Waals surface area contributed by atoms with Gasteiger partial charge in [-0.1, -0.05) is 24.3 Å². The third-order valence-corrected chi connectivity index (χ3v) is 5.16. The molecule has 166 valence electrons. The third kappa shape index (κ3) is 5.82. The van der Waals surface area contributed by atoms with Crippen LogP contribution in [0.2, 0.25) is 0 Å². The zero-order chi connectivity index (χ0) is 22.2. The smallest absolute Gasteiger partial charge is 0.306 e. The number of hydrogen-bond acceptors (Lipinski definition) is 5. The number of halogens is 1. The molecule has 0 spiro atoms. The molecule has 2 aromatic rings.